The second-order valence-electron chi connectivity index (χ2n) is 8.47. The lowest BCUT2D eigenvalue weighted by atomic mass is 9.89. The van der Waals surface area contributed by atoms with Crippen molar-refractivity contribution in [1.82, 2.24) is 0 Å². The smallest absolute Gasteiger partial charge is 0.306 e. The van der Waals surface area contributed by atoms with E-state index in [0.717, 1.165) is 51.4 Å². The number of carbonyl (C=O) groups is 2. The van der Waals surface area contributed by atoms with Gasteiger partial charge in [-0.05, 0) is 50.7 Å². The minimum absolute atomic E-state index is 0.181. The fourth-order valence-corrected chi connectivity index (χ4v) is 3.96. The molecule has 0 saturated heterocycles. The van der Waals surface area contributed by atoms with Gasteiger partial charge >= 0.3 is 11.9 Å². The average molecular weight is 415 g/mol. The fourth-order valence-electron chi connectivity index (χ4n) is 3.96. The number of esters is 2. The van der Waals surface area contributed by atoms with Gasteiger partial charge in [0.2, 0.25) is 0 Å². The van der Waals surface area contributed by atoms with Crippen LogP contribution in [0.15, 0.2) is 48.6 Å². The maximum atomic E-state index is 12.4. The summed E-state index contributed by atoms with van der Waals surface area (Å²) in [5.41, 5.74) is -0.986. The van der Waals surface area contributed by atoms with Gasteiger partial charge in [-0.25, -0.2) is 0 Å². The van der Waals surface area contributed by atoms with Crippen LogP contribution in [0, 0.1) is 0 Å². The highest BCUT2D eigenvalue weighted by Gasteiger charge is 2.32. The molecule has 0 heterocycles. The third-order valence-corrected chi connectivity index (χ3v) is 5.77. The average Bonchev–Trinajstić information content (AvgIpc) is 2.75. The molecule has 0 spiro atoms. The van der Waals surface area contributed by atoms with Crippen molar-refractivity contribution < 1.29 is 19.1 Å². The van der Waals surface area contributed by atoms with Crippen LogP contribution in [0.2, 0.25) is 0 Å². The lowest BCUT2D eigenvalue weighted by Gasteiger charge is -2.31. The fraction of sp³-hybridized carbons (Fsp3) is 0.615. The number of ether oxygens (including phenoxy) is 2. The highest BCUT2D eigenvalue weighted by atomic mass is 16.6. The Labute approximate surface area is 182 Å². The first-order valence-electron chi connectivity index (χ1n) is 11.7. The molecule has 0 aromatic heterocycles. The first-order chi connectivity index (χ1) is 14.5. The summed E-state index contributed by atoms with van der Waals surface area (Å²) >= 11 is 0. The summed E-state index contributed by atoms with van der Waals surface area (Å²) in [5, 5.41) is 0. The summed E-state index contributed by atoms with van der Waals surface area (Å²) in [6.45, 7) is 4.28. The Balaban J connectivity index is 1.73. The first-order valence-corrected chi connectivity index (χ1v) is 11.7. The van der Waals surface area contributed by atoms with Gasteiger partial charge in [0.15, 0.2) is 0 Å². The zero-order valence-electron chi connectivity index (χ0n) is 18.7. The Bertz CT molecular complexity index is 615. The van der Waals surface area contributed by atoms with Crippen LogP contribution in [-0.4, -0.2) is 23.1 Å². The third kappa shape index (κ3) is 7.97. The number of unbranched alkanes of at least 4 members (excludes halogenated alkanes) is 3. The number of allylic oxidation sites excluding steroid dienone is 4. The van der Waals surface area contributed by atoms with Gasteiger partial charge in [-0.1, -0.05) is 63.1 Å². The molecule has 0 N–H and O–H groups in total. The van der Waals surface area contributed by atoms with Crippen molar-refractivity contribution in [3.63, 3.8) is 0 Å². The molecular formula is C26H38O4. The van der Waals surface area contributed by atoms with Crippen LogP contribution >= 0.6 is 0 Å². The maximum absolute atomic E-state index is 12.4. The molecule has 4 nitrogen and oxygen atoms in total. The highest BCUT2D eigenvalue weighted by Crippen LogP contribution is 2.30. The van der Waals surface area contributed by atoms with Crippen molar-refractivity contribution in [2.24, 2.45) is 0 Å². The zero-order valence-corrected chi connectivity index (χ0v) is 18.7. The van der Waals surface area contributed by atoms with Gasteiger partial charge in [-0.3, -0.25) is 9.59 Å². The molecule has 0 aromatic rings. The topological polar surface area (TPSA) is 52.6 Å². The normalized spacial score (nSPS) is 24.7. The van der Waals surface area contributed by atoms with E-state index in [2.05, 4.69) is 26.0 Å². The van der Waals surface area contributed by atoms with E-state index < -0.39 is 11.2 Å². The zero-order chi connectivity index (χ0) is 21.7. The van der Waals surface area contributed by atoms with Gasteiger partial charge in [-0.15, -0.1) is 0 Å². The molecule has 2 aliphatic rings. The van der Waals surface area contributed by atoms with Crippen molar-refractivity contribution in [3.05, 3.63) is 48.6 Å². The van der Waals surface area contributed by atoms with E-state index in [9.17, 15) is 9.59 Å². The van der Waals surface area contributed by atoms with Crippen LogP contribution in [0.25, 0.3) is 0 Å². The minimum atomic E-state index is -0.493. The molecule has 0 saturated carbocycles. The quantitative estimate of drug-likeness (QED) is 0.254. The summed E-state index contributed by atoms with van der Waals surface area (Å²) in [5.74, 6) is -0.363. The molecule has 0 fully saturated rings. The predicted molar refractivity (Wildman–Crippen MR) is 121 cm³/mol. The Hall–Kier alpha value is -2.10. The minimum Gasteiger partial charge on any atom is -0.454 e. The second kappa shape index (κ2) is 12.6. The molecule has 30 heavy (non-hydrogen) atoms. The lowest BCUT2D eigenvalue weighted by Crippen LogP contribution is -2.34. The van der Waals surface area contributed by atoms with Crippen LogP contribution in [0.3, 0.4) is 0 Å². The van der Waals surface area contributed by atoms with E-state index in [4.69, 9.17) is 9.47 Å². The van der Waals surface area contributed by atoms with Crippen molar-refractivity contribution in [2.45, 2.75) is 102 Å². The van der Waals surface area contributed by atoms with Gasteiger partial charge in [0, 0.05) is 25.7 Å². The van der Waals surface area contributed by atoms with Crippen LogP contribution in [0.5, 0.6) is 0 Å². The molecule has 0 aromatic carbocycles. The molecule has 0 aliphatic heterocycles. The largest absolute Gasteiger partial charge is 0.454 e. The standard InChI is InChI=1S/C26H38O4/c1-3-5-17-25(19-11-7-12-20-25)29-23(27)15-9-10-16-24(28)30-26(18-6-4-2)21-13-8-14-22-26/h7-8,11-14,19,21H,3-6,9-10,15-18,20,22H2,1-2H3. The molecule has 0 radical (unpaired) electrons. The van der Waals surface area contributed by atoms with E-state index in [1.54, 1.807) is 0 Å². The Morgan fingerprint density at radius 2 is 1.13 bits per heavy atom. The SMILES string of the molecule is CCCCC1(OC(=O)CCCCC(=O)OC2(CCCC)C=CC=CC2)C=CC=CC1. The lowest BCUT2D eigenvalue weighted by molar-refractivity contribution is -0.158. The molecule has 0 bridgehead atoms. The maximum Gasteiger partial charge on any atom is 0.306 e. The van der Waals surface area contributed by atoms with E-state index >= 15 is 0 Å². The van der Waals surface area contributed by atoms with E-state index in [-0.39, 0.29) is 11.9 Å². The van der Waals surface area contributed by atoms with Gasteiger partial charge in [0.05, 0.1) is 0 Å². The first kappa shape index (κ1) is 24.2. The summed E-state index contributed by atoms with van der Waals surface area (Å²) in [6.07, 6.45) is 25.4. The molecule has 166 valence electrons. The van der Waals surface area contributed by atoms with Crippen molar-refractivity contribution in [2.75, 3.05) is 0 Å². The summed E-state index contributed by atoms with van der Waals surface area (Å²) < 4.78 is 11.7. The van der Waals surface area contributed by atoms with Gasteiger partial charge in [0.25, 0.3) is 0 Å². The molecule has 2 rings (SSSR count). The van der Waals surface area contributed by atoms with Gasteiger partial charge < -0.3 is 9.47 Å². The summed E-state index contributed by atoms with van der Waals surface area (Å²) in [4.78, 5) is 24.8. The molecule has 0 amide bonds. The van der Waals surface area contributed by atoms with Crippen LogP contribution in [-0.2, 0) is 19.1 Å². The highest BCUT2D eigenvalue weighted by molar-refractivity contribution is 5.71. The predicted octanol–water partition coefficient (Wildman–Crippen LogP) is 6.52. The van der Waals surface area contributed by atoms with Crippen molar-refractivity contribution >= 4 is 11.9 Å². The van der Waals surface area contributed by atoms with Crippen molar-refractivity contribution in [1.29, 1.82) is 0 Å². The Morgan fingerprint density at radius 1 is 0.700 bits per heavy atom. The molecular weight excluding hydrogens is 376 g/mol. The number of carbonyl (C=O) groups excluding carboxylic acids is 2. The molecule has 2 atom stereocenters. The van der Waals surface area contributed by atoms with Crippen LogP contribution < -0.4 is 0 Å². The van der Waals surface area contributed by atoms with Gasteiger partial charge in [0.1, 0.15) is 11.2 Å². The van der Waals surface area contributed by atoms with Crippen LogP contribution in [0.4, 0.5) is 0 Å². The molecule has 2 aliphatic carbocycles. The summed E-state index contributed by atoms with van der Waals surface area (Å²) in [6, 6.07) is 0. The van der Waals surface area contributed by atoms with Crippen molar-refractivity contribution in [3.8, 4) is 0 Å². The van der Waals surface area contributed by atoms with E-state index in [0.29, 0.717) is 25.7 Å². The van der Waals surface area contributed by atoms with E-state index in [1.807, 2.05) is 36.5 Å². The second-order valence-corrected chi connectivity index (χ2v) is 8.47. The Kier molecular flexibility index (Phi) is 10.1. The third-order valence-electron chi connectivity index (χ3n) is 5.77. The number of hydrogen-bond acceptors (Lipinski definition) is 4. The number of rotatable bonds is 13. The number of hydrogen-bond donors (Lipinski definition) is 0. The molecule has 4 heteroatoms. The van der Waals surface area contributed by atoms with Gasteiger partial charge in [-0.2, -0.15) is 0 Å². The Morgan fingerprint density at radius 3 is 1.47 bits per heavy atom. The van der Waals surface area contributed by atoms with Crippen LogP contribution in [0.1, 0.15) is 90.9 Å². The van der Waals surface area contributed by atoms with E-state index in [1.165, 1.54) is 0 Å². The molecule has 2 unspecified atom stereocenters. The monoisotopic (exact) mass is 414 g/mol. The summed E-state index contributed by atoms with van der Waals surface area (Å²) in [7, 11) is 0.